The second kappa shape index (κ2) is 6.39. The molecular formula is C11H24N2. The monoisotopic (exact) mass is 184 g/mol. The van der Waals surface area contributed by atoms with Crippen molar-refractivity contribution in [3.8, 4) is 0 Å². The predicted octanol–water partition coefficient (Wildman–Crippen LogP) is 1.85. The number of hydrogen-bond donors (Lipinski definition) is 1. The van der Waals surface area contributed by atoms with Gasteiger partial charge in [-0.05, 0) is 38.4 Å². The van der Waals surface area contributed by atoms with Crippen molar-refractivity contribution in [1.82, 2.24) is 4.90 Å². The standard InChI is InChI=1S/C11H24N2/c1-2-3-4-5-7-13-8-6-11(9-12)10-13/h11H,2-10,12H2,1H3. The van der Waals surface area contributed by atoms with Gasteiger partial charge in [0.05, 0.1) is 0 Å². The Morgan fingerprint density at radius 1 is 1.31 bits per heavy atom. The quantitative estimate of drug-likeness (QED) is 0.638. The summed E-state index contributed by atoms with van der Waals surface area (Å²) < 4.78 is 0. The minimum absolute atomic E-state index is 0.783. The third-order valence-electron chi connectivity index (χ3n) is 3.03. The maximum atomic E-state index is 5.65. The van der Waals surface area contributed by atoms with Gasteiger partial charge >= 0.3 is 0 Å². The lowest BCUT2D eigenvalue weighted by Gasteiger charge is -2.14. The van der Waals surface area contributed by atoms with Crippen LogP contribution in [0.5, 0.6) is 0 Å². The zero-order valence-electron chi connectivity index (χ0n) is 8.97. The van der Waals surface area contributed by atoms with E-state index in [-0.39, 0.29) is 0 Å². The minimum Gasteiger partial charge on any atom is -0.330 e. The van der Waals surface area contributed by atoms with Crippen molar-refractivity contribution in [3.63, 3.8) is 0 Å². The molecule has 1 aliphatic rings. The van der Waals surface area contributed by atoms with E-state index in [0.717, 1.165) is 12.5 Å². The van der Waals surface area contributed by atoms with E-state index in [0.29, 0.717) is 0 Å². The molecule has 1 heterocycles. The molecule has 0 aromatic carbocycles. The molecule has 2 N–H and O–H groups in total. The van der Waals surface area contributed by atoms with Crippen LogP contribution in [0.3, 0.4) is 0 Å². The predicted molar refractivity (Wildman–Crippen MR) is 57.7 cm³/mol. The Kier molecular flexibility index (Phi) is 5.40. The molecule has 0 aromatic heterocycles. The summed E-state index contributed by atoms with van der Waals surface area (Å²) in [6.45, 7) is 6.99. The summed E-state index contributed by atoms with van der Waals surface area (Å²) in [6.07, 6.45) is 6.84. The number of nitrogens with two attached hydrogens (primary N) is 1. The lowest BCUT2D eigenvalue weighted by molar-refractivity contribution is 0.316. The third kappa shape index (κ3) is 4.10. The Balaban J connectivity index is 1.97. The van der Waals surface area contributed by atoms with Crippen molar-refractivity contribution in [3.05, 3.63) is 0 Å². The van der Waals surface area contributed by atoms with Gasteiger partial charge in [0.25, 0.3) is 0 Å². The van der Waals surface area contributed by atoms with Crippen LogP contribution in [0.25, 0.3) is 0 Å². The average Bonchev–Trinajstić information content (AvgIpc) is 2.60. The van der Waals surface area contributed by atoms with E-state index in [9.17, 15) is 0 Å². The number of unbranched alkanes of at least 4 members (excludes halogenated alkanes) is 3. The average molecular weight is 184 g/mol. The highest BCUT2D eigenvalue weighted by Crippen LogP contribution is 2.15. The van der Waals surface area contributed by atoms with Gasteiger partial charge in [0.15, 0.2) is 0 Å². The van der Waals surface area contributed by atoms with Crippen molar-refractivity contribution in [2.45, 2.75) is 39.0 Å². The number of likely N-dealkylation sites (tertiary alicyclic amines) is 1. The molecule has 1 rings (SSSR count). The summed E-state index contributed by atoms with van der Waals surface area (Å²) in [4.78, 5) is 2.58. The first-order valence-corrected chi connectivity index (χ1v) is 5.79. The summed E-state index contributed by atoms with van der Waals surface area (Å²) in [5.74, 6) is 0.783. The first-order valence-electron chi connectivity index (χ1n) is 5.79. The largest absolute Gasteiger partial charge is 0.330 e. The molecule has 13 heavy (non-hydrogen) atoms. The van der Waals surface area contributed by atoms with E-state index in [1.807, 2.05) is 0 Å². The minimum atomic E-state index is 0.783. The SMILES string of the molecule is CCCCCCN1CCC(CN)C1. The fraction of sp³-hybridized carbons (Fsp3) is 1.00. The Morgan fingerprint density at radius 2 is 2.15 bits per heavy atom. The van der Waals surface area contributed by atoms with Crippen molar-refractivity contribution in [2.75, 3.05) is 26.2 Å². The molecule has 2 nitrogen and oxygen atoms in total. The molecule has 0 amide bonds. The van der Waals surface area contributed by atoms with Crippen LogP contribution in [0.2, 0.25) is 0 Å². The van der Waals surface area contributed by atoms with E-state index in [2.05, 4.69) is 11.8 Å². The Morgan fingerprint density at radius 3 is 2.77 bits per heavy atom. The highest BCUT2D eigenvalue weighted by Gasteiger charge is 2.19. The molecule has 1 aliphatic heterocycles. The van der Waals surface area contributed by atoms with Crippen LogP contribution in [-0.2, 0) is 0 Å². The summed E-state index contributed by atoms with van der Waals surface area (Å²) in [5.41, 5.74) is 5.65. The Bertz CT molecular complexity index is 125. The first-order chi connectivity index (χ1) is 6.36. The van der Waals surface area contributed by atoms with E-state index in [1.165, 1.54) is 51.7 Å². The van der Waals surface area contributed by atoms with Gasteiger partial charge in [0, 0.05) is 6.54 Å². The van der Waals surface area contributed by atoms with Crippen LogP contribution in [0.4, 0.5) is 0 Å². The van der Waals surface area contributed by atoms with Crippen LogP contribution in [-0.4, -0.2) is 31.1 Å². The van der Waals surface area contributed by atoms with Crippen LogP contribution >= 0.6 is 0 Å². The summed E-state index contributed by atoms with van der Waals surface area (Å²) in [7, 11) is 0. The molecular weight excluding hydrogens is 160 g/mol. The molecule has 1 saturated heterocycles. The summed E-state index contributed by atoms with van der Waals surface area (Å²) >= 11 is 0. The van der Waals surface area contributed by atoms with Crippen LogP contribution in [0.15, 0.2) is 0 Å². The highest BCUT2D eigenvalue weighted by atomic mass is 15.1. The first kappa shape index (κ1) is 11.0. The summed E-state index contributed by atoms with van der Waals surface area (Å²) in [5, 5.41) is 0. The van der Waals surface area contributed by atoms with Gasteiger partial charge in [-0.2, -0.15) is 0 Å². The molecule has 1 fully saturated rings. The molecule has 2 heteroatoms. The second-order valence-corrected chi connectivity index (χ2v) is 4.25. The van der Waals surface area contributed by atoms with Crippen molar-refractivity contribution in [1.29, 1.82) is 0 Å². The molecule has 0 saturated carbocycles. The maximum Gasteiger partial charge on any atom is 0.00222 e. The second-order valence-electron chi connectivity index (χ2n) is 4.25. The molecule has 0 bridgehead atoms. The molecule has 1 unspecified atom stereocenters. The summed E-state index contributed by atoms with van der Waals surface area (Å²) in [6, 6.07) is 0. The molecule has 0 radical (unpaired) electrons. The fourth-order valence-corrected chi connectivity index (χ4v) is 2.07. The van der Waals surface area contributed by atoms with Crippen molar-refractivity contribution >= 4 is 0 Å². The maximum absolute atomic E-state index is 5.65. The molecule has 78 valence electrons. The zero-order chi connectivity index (χ0) is 9.52. The van der Waals surface area contributed by atoms with E-state index in [1.54, 1.807) is 0 Å². The third-order valence-corrected chi connectivity index (χ3v) is 3.03. The zero-order valence-corrected chi connectivity index (χ0v) is 8.97. The smallest absolute Gasteiger partial charge is 0.00222 e. The van der Waals surface area contributed by atoms with Gasteiger partial charge in [-0.25, -0.2) is 0 Å². The van der Waals surface area contributed by atoms with Gasteiger partial charge in [0.1, 0.15) is 0 Å². The molecule has 0 spiro atoms. The van der Waals surface area contributed by atoms with Crippen LogP contribution in [0, 0.1) is 5.92 Å². The van der Waals surface area contributed by atoms with Gasteiger partial charge < -0.3 is 10.6 Å². The topological polar surface area (TPSA) is 29.3 Å². The van der Waals surface area contributed by atoms with E-state index >= 15 is 0 Å². The Hall–Kier alpha value is -0.0800. The molecule has 0 aromatic rings. The van der Waals surface area contributed by atoms with Gasteiger partial charge in [-0.1, -0.05) is 26.2 Å². The lowest BCUT2D eigenvalue weighted by atomic mass is 10.1. The number of hydrogen-bond acceptors (Lipinski definition) is 2. The van der Waals surface area contributed by atoms with Crippen molar-refractivity contribution < 1.29 is 0 Å². The molecule has 0 aliphatic carbocycles. The van der Waals surface area contributed by atoms with E-state index in [4.69, 9.17) is 5.73 Å². The Labute approximate surface area is 82.5 Å². The lowest BCUT2D eigenvalue weighted by Crippen LogP contribution is -2.24. The van der Waals surface area contributed by atoms with Gasteiger partial charge in [-0.15, -0.1) is 0 Å². The molecule has 1 atom stereocenters. The van der Waals surface area contributed by atoms with E-state index < -0.39 is 0 Å². The van der Waals surface area contributed by atoms with Gasteiger partial charge in [-0.3, -0.25) is 0 Å². The van der Waals surface area contributed by atoms with Crippen LogP contribution in [0.1, 0.15) is 39.0 Å². The number of nitrogens with zero attached hydrogens (tertiary/aromatic N) is 1. The van der Waals surface area contributed by atoms with Gasteiger partial charge in [0.2, 0.25) is 0 Å². The normalized spacial score (nSPS) is 24.0. The van der Waals surface area contributed by atoms with Crippen molar-refractivity contribution in [2.24, 2.45) is 11.7 Å². The fourth-order valence-electron chi connectivity index (χ4n) is 2.07. The van der Waals surface area contributed by atoms with Crippen LogP contribution < -0.4 is 5.73 Å². The number of rotatable bonds is 6. The highest BCUT2D eigenvalue weighted by molar-refractivity contribution is 4.75.